The van der Waals surface area contributed by atoms with Crippen molar-refractivity contribution in [3.63, 3.8) is 0 Å². The van der Waals surface area contributed by atoms with Gasteiger partial charge in [-0.2, -0.15) is 0 Å². The van der Waals surface area contributed by atoms with Gasteiger partial charge in [0, 0.05) is 30.7 Å². The van der Waals surface area contributed by atoms with Crippen molar-refractivity contribution >= 4 is 0 Å². The van der Waals surface area contributed by atoms with E-state index in [9.17, 15) is 0 Å². The molecule has 1 saturated heterocycles. The van der Waals surface area contributed by atoms with E-state index >= 15 is 0 Å². The third-order valence-corrected chi connectivity index (χ3v) is 3.97. The van der Waals surface area contributed by atoms with Gasteiger partial charge in [0.2, 0.25) is 0 Å². The summed E-state index contributed by atoms with van der Waals surface area (Å²) in [6.07, 6.45) is 8.06. The zero-order valence-corrected chi connectivity index (χ0v) is 10.4. The molecule has 94 valence electrons. The van der Waals surface area contributed by atoms with Crippen LogP contribution in [0.25, 0.3) is 0 Å². The van der Waals surface area contributed by atoms with Gasteiger partial charge in [0.05, 0.1) is 12.4 Å². The largest absolute Gasteiger partial charge is 0.469 e. The van der Waals surface area contributed by atoms with Crippen LogP contribution in [0.15, 0.2) is 16.7 Å². The Balaban J connectivity index is 1.66. The number of fused-ring (bicyclic) bond motifs is 1. The van der Waals surface area contributed by atoms with Crippen molar-refractivity contribution in [3.05, 3.63) is 23.7 Å². The molecule has 2 aliphatic rings. The topological polar surface area (TPSA) is 34.4 Å². The summed E-state index contributed by atoms with van der Waals surface area (Å²) in [5, 5.41) is 3.79. The zero-order valence-electron chi connectivity index (χ0n) is 10.4. The molecule has 0 amide bonds. The molecule has 3 rings (SSSR count). The van der Waals surface area contributed by atoms with Crippen molar-refractivity contribution in [1.29, 1.82) is 0 Å². The van der Waals surface area contributed by atoms with Gasteiger partial charge in [0.1, 0.15) is 5.76 Å². The van der Waals surface area contributed by atoms with Gasteiger partial charge in [-0.25, -0.2) is 0 Å². The number of nitrogens with one attached hydrogen (secondary N) is 1. The van der Waals surface area contributed by atoms with Crippen molar-refractivity contribution in [3.8, 4) is 0 Å². The fourth-order valence-electron chi connectivity index (χ4n) is 3.09. The van der Waals surface area contributed by atoms with Crippen LogP contribution in [0.5, 0.6) is 0 Å². The maximum Gasteiger partial charge on any atom is 0.108 e. The van der Waals surface area contributed by atoms with E-state index in [-0.39, 0.29) is 0 Å². The van der Waals surface area contributed by atoms with E-state index in [2.05, 4.69) is 18.3 Å². The summed E-state index contributed by atoms with van der Waals surface area (Å²) in [5.41, 5.74) is 1.38. The number of aryl methyl sites for hydroxylation is 1. The van der Waals surface area contributed by atoms with Crippen molar-refractivity contribution in [2.45, 2.75) is 57.2 Å². The van der Waals surface area contributed by atoms with Gasteiger partial charge in [-0.1, -0.05) is 0 Å². The van der Waals surface area contributed by atoms with Crippen LogP contribution < -0.4 is 5.32 Å². The second-order valence-corrected chi connectivity index (χ2v) is 5.31. The lowest BCUT2D eigenvalue weighted by atomic mass is 9.91. The molecule has 0 spiro atoms. The first kappa shape index (κ1) is 11.3. The Hall–Kier alpha value is -0.800. The summed E-state index contributed by atoms with van der Waals surface area (Å²) in [5.74, 6) is 1.19. The van der Waals surface area contributed by atoms with Gasteiger partial charge in [-0.3, -0.25) is 0 Å². The van der Waals surface area contributed by atoms with Crippen LogP contribution in [0, 0.1) is 0 Å². The molecule has 3 nitrogen and oxygen atoms in total. The maximum atomic E-state index is 5.59. The molecule has 2 heterocycles. The summed E-state index contributed by atoms with van der Waals surface area (Å²) in [4.78, 5) is 0. The lowest BCUT2D eigenvalue weighted by Gasteiger charge is -2.33. The Kier molecular flexibility index (Phi) is 3.21. The van der Waals surface area contributed by atoms with Crippen LogP contribution in [0.3, 0.4) is 0 Å². The van der Waals surface area contributed by atoms with E-state index < -0.39 is 0 Å². The molecule has 1 aromatic heterocycles. The molecule has 1 aliphatic carbocycles. The van der Waals surface area contributed by atoms with Crippen LogP contribution in [-0.2, 0) is 11.2 Å². The summed E-state index contributed by atoms with van der Waals surface area (Å²) in [6, 6.07) is 3.23. The molecule has 0 aromatic carbocycles. The monoisotopic (exact) mass is 235 g/mol. The van der Waals surface area contributed by atoms with Gasteiger partial charge in [0.15, 0.2) is 0 Å². The summed E-state index contributed by atoms with van der Waals surface area (Å²) in [6.45, 7) is 3.06. The van der Waals surface area contributed by atoms with Gasteiger partial charge in [-0.05, 0) is 38.7 Å². The molecule has 0 saturated carbocycles. The zero-order chi connectivity index (χ0) is 11.7. The van der Waals surface area contributed by atoms with E-state index in [0.717, 1.165) is 25.9 Å². The fourth-order valence-corrected chi connectivity index (χ4v) is 3.09. The Morgan fingerprint density at radius 1 is 1.35 bits per heavy atom. The average molecular weight is 235 g/mol. The maximum absolute atomic E-state index is 5.59. The standard InChI is InChI=1S/C14H21NO2/c1-10-9-11(5-7-16-10)15-13-3-2-4-14-12(13)6-8-17-14/h6,8,10-11,13,15H,2-5,7,9H2,1H3. The molecule has 1 N–H and O–H groups in total. The Bertz CT molecular complexity index is 374. The Labute approximate surface area is 103 Å². The van der Waals surface area contributed by atoms with Crippen LogP contribution in [0.1, 0.15) is 50.0 Å². The number of rotatable bonds is 2. The van der Waals surface area contributed by atoms with Crippen molar-refractivity contribution in [2.24, 2.45) is 0 Å². The first-order chi connectivity index (χ1) is 8.33. The van der Waals surface area contributed by atoms with Crippen LogP contribution in [-0.4, -0.2) is 18.8 Å². The molecular formula is C14H21NO2. The molecule has 1 fully saturated rings. The molecule has 3 atom stereocenters. The van der Waals surface area contributed by atoms with E-state index in [1.165, 1.54) is 24.2 Å². The first-order valence-electron chi connectivity index (χ1n) is 6.77. The minimum absolute atomic E-state index is 0.397. The van der Waals surface area contributed by atoms with E-state index in [0.29, 0.717) is 18.2 Å². The SMILES string of the molecule is CC1CC(NC2CCCc3occc32)CCO1. The highest BCUT2D eigenvalue weighted by Crippen LogP contribution is 2.31. The number of ether oxygens (including phenoxy) is 1. The van der Waals surface area contributed by atoms with Crippen molar-refractivity contribution in [1.82, 2.24) is 5.32 Å². The van der Waals surface area contributed by atoms with Gasteiger partial charge < -0.3 is 14.5 Å². The van der Waals surface area contributed by atoms with Crippen LogP contribution in [0.4, 0.5) is 0 Å². The highest BCUT2D eigenvalue weighted by molar-refractivity contribution is 5.24. The minimum atomic E-state index is 0.397. The van der Waals surface area contributed by atoms with Gasteiger partial charge in [-0.15, -0.1) is 0 Å². The van der Waals surface area contributed by atoms with Crippen LogP contribution >= 0.6 is 0 Å². The Morgan fingerprint density at radius 3 is 3.18 bits per heavy atom. The Morgan fingerprint density at radius 2 is 2.29 bits per heavy atom. The summed E-state index contributed by atoms with van der Waals surface area (Å²) >= 11 is 0. The number of furan rings is 1. The molecule has 3 heteroatoms. The quantitative estimate of drug-likeness (QED) is 0.856. The number of hydrogen-bond acceptors (Lipinski definition) is 3. The third kappa shape index (κ3) is 2.40. The second-order valence-electron chi connectivity index (χ2n) is 5.31. The molecule has 0 radical (unpaired) electrons. The third-order valence-electron chi connectivity index (χ3n) is 3.97. The second kappa shape index (κ2) is 4.83. The molecule has 17 heavy (non-hydrogen) atoms. The van der Waals surface area contributed by atoms with E-state index in [4.69, 9.17) is 9.15 Å². The molecular weight excluding hydrogens is 214 g/mol. The van der Waals surface area contributed by atoms with E-state index in [1.807, 2.05) is 6.26 Å². The van der Waals surface area contributed by atoms with Gasteiger partial charge in [0.25, 0.3) is 0 Å². The van der Waals surface area contributed by atoms with Crippen molar-refractivity contribution in [2.75, 3.05) is 6.61 Å². The number of hydrogen-bond donors (Lipinski definition) is 1. The fraction of sp³-hybridized carbons (Fsp3) is 0.714. The predicted octanol–water partition coefficient (Wildman–Crippen LogP) is 2.81. The van der Waals surface area contributed by atoms with Gasteiger partial charge >= 0.3 is 0 Å². The van der Waals surface area contributed by atoms with Crippen molar-refractivity contribution < 1.29 is 9.15 Å². The van der Waals surface area contributed by atoms with E-state index in [1.54, 1.807) is 0 Å². The first-order valence-corrected chi connectivity index (χ1v) is 6.77. The normalized spacial score (nSPS) is 33.4. The average Bonchev–Trinajstić information content (AvgIpc) is 2.78. The highest BCUT2D eigenvalue weighted by atomic mass is 16.5. The molecule has 3 unspecified atom stereocenters. The van der Waals surface area contributed by atoms with Crippen LogP contribution in [0.2, 0.25) is 0 Å². The summed E-state index contributed by atoms with van der Waals surface area (Å²) < 4.78 is 11.1. The lowest BCUT2D eigenvalue weighted by molar-refractivity contribution is 0.0107. The molecule has 0 bridgehead atoms. The smallest absolute Gasteiger partial charge is 0.108 e. The highest BCUT2D eigenvalue weighted by Gasteiger charge is 2.27. The minimum Gasteiger partial charge on any atom is -0.469 e. The molecule has 1 aromatic rings. The lowest BCUT2D eigenvalue weighted by Crippen LogP contribution is -2.40. The predicted molar refractivity (Wildman–Crippen MR) is 66.0 cm³/mol. The molecule has 1 aliphatic heterocycles. The summed E-state index contributed by atoms with van der Waals surface area (Å²) in [7, 11) is 0.